The third-order valence-corrected chi connectivity index (χ3v) is 5.87. The average molecular weight is 505 g/mol. The maximum absolute atomic E-state index is 11.4. The number of aromatic carboxylic acids is 2. The first-order chi connectivity index (χ1) is 17.3. The second-order valence-corrected chi connectivity index (χ2v) is 8.17. The van der Waals surface area contributed by atoms with Gasteiger partial charge in [0.2, 0.25) is 0 Å². The Kier molecular flexibility index (Phi) is 5.78. The second-order valence-electron chi connectivity index (χ2n) is 7.81. The SMILES string of the molecule is Cc1cc2c(cc1Nc1ncnc3[nH]cc(C(=O)O)c13)C=NC2.O=C(O)c1c[nH]c2ncnc(Cl)c12. The molecule has 5 aromatic rings. The number of hydrogen-bond acceptors (Lipinski definition) is 8. The molecule has 0 aliphatic carbocycles. The molecule has 0 amide bonds. The Balaban J connectivity index is 0.000000174. The molecule has 13 heteroatoms. The number of aromatic amines is 2. The molecular weight excluding hydrogens is 488 g/mol. The molecule has 12 nitrogen and oxygen atoms in total. The molecule has 0 atom stereocenters. The van der Waals surface area contributed by atoms with E-state index in [4.69, 9.17) is 16.7 Å². The molecule has 4 aromatic heterocycles. The highest BCUT2D eigenvalue weighted by Gasteiger charge is 2.18. The molecule has 0 spiro atoms. The number of H-pyrrole nitrogens is 2. The summed E-state index contributed by atoms with van der Waals surface area (Å²) < 4.78 is 0. The highest BCUT2D eigenvalue weighted by Crippen LogP contribution is 2.30. The second kappa shape index (κ2) is 9.07. The van der Waals surface area contributed by atoms with Crippen LogP contribution in [0.3, 0.4) is 0 Å². The van der Waals surface area contributed by atoms with E-state index in [0.29, 0.717) is 34.4 Å². The topological polar surface area (TPSA) is 182 Å². The minimum atomic E-state index is -1.05. The van der Waals surface area contributed by atoms with Gasteiger partial charge < -0.3 is 25.5 Å². The number of benzene rings is 1. The van der Waals surface area contributed by atoms with Crippen LogP contribution in [-0.2, 0) is 6.54 Å². The van der Waals surface area contributed by atoms with Gasteiger partial charge in [0.25, 0.3) is 0 Å². The number of carboxylic acids is 2. The summed E-state index contributed by atoms with van der Waals surface area (Å²) in [4.78, 5) is 47.7. The minimum absolute atomic E-state index is 0.0839. The summed E-state index contributed by atoms with van der Waals surface area (Å²) in [7, 11) is 0. The fourth-order valence-electron chi connectivity index (χ4n) is 3.87. The maximum Gasteiger partial charge on any atom is 0.338 e. The largest absolute Gasteiger partial charge is 0.478 e. The van der Waals surface area contributed by atoms with Crippen molar-refractivity contribution in [1.82, 2.24) is 29.9 Å². The van der Waals surface area contributed by atoms with Gasteiger partial charge in [-0.2, -0.15) is 0 Å². The van der Waals surface area contributed by atoms with Gasteiger partial charge in [0.15, 0.2) is 0 Å². The van der Waals surface area contributed by atoms with Crippen LogP contribution >= 0.6 is 11.6 Å². The van der Waals surface area contributed by atoms with E-state index >= 15 is 0 Å². The predicted molar refractivity (Wildman–Crippen MR) is 132 cm³/mol. The lowest BCUT2D eigenvalue weighted by molar-refractivity contribution is 0.0688. The van der Waals surface area contributed by atoms with Crippen molar-refractivity contribution in [1.29, 1.82) is 0 Å². The fourth-order valence-corrected chi connectivity index (χ4v) is 4.10. The fraction of sp³-hybridized carbons (Fsp3) is 0.0870. The number of rotatable bonds is 4. The van der Waals surface area contributed by atoms with E-state index in [1.54, 1.807) is 0 Å². The molecule has 1 aromatic carbocycles. The van der Waals surface area contributed by atoms with Crippen LogP contribution in [0, 0.1) is 6.92 Å². The number of anilines is 2. The summed E-state index contributed by atoms with van der Waals surface area (Å²) in [5.41, 5.74) is 5.31. The van der Waals surface area contributed by atoms with Crippen molar-refractivity contribution in [3.8, 4) is 0 Å². The van der Waals surface area contributed by atoms with E-state index in [-0.39, 0.29) is 16.3 Å². The smallest absolute Gasteiger partial charge is 0.338 e. The van der Waals surface area contributed by atoms with Crippen molar-refractivity contribution in [3.05, 3.63) is 70.2 Å². The molecule has 1 aliphatic rings. The monoisotopic (exact) mass is 504 g/mol. The number of nitrogens with zero attached hydrogens (tertiary/aromatic N) is 5. The van der Waals surface area contributed by atoms with Gasteiger partial charge in [-0.3, -0.25) is 4.99 Å². The normalized spacial score (nSPS) is 11.8. The Morgan fingerprint density at radius 1 is 0.944 bits per heavy atom. The average Bonchev–Trinajstić information content (AvgIpc) is 3.58. The number of aryl methyl sites for hydroxylation is 1. The lowest BCUT2D eigenvalue weighted by Gasteiger charge is -2.12. The molecule has 0 fully saturated rings. The van der Waals surface area contributed by atoms with Crippen LogP contribution < -0.4 is 5.32 Å². The van der Waals surface area contributed by atoms with Crippen molar-refractivity contribution in [2.75, 3.05) is 5.32 Å². The van der Waals surface area contributed by atoms with Crippen LogP contribution in [0.15, 0.2) is 42.2 Å². The van der Waals surface area contributed by atoms with Crippen LogP contribution in [0.4, 0.5) is 11.5 Å². The number of carbonyl (C=O) groups is 2. The summed E-state index contributed by atoms with van der Waals surface area (Å²) in [5, 5.41) is 22.3. The van der Waals surface area contributed by atoms with E-state index in [1.807, 2.05) is 19.2 Å². The van der Waals surface area contributed by atoms with Gasteiger partial charge in [0.1, 0.15) is 34.9 Å². The Labute approximate surface area is 207 Å². The van der Waals surface area contributed by atoms with E-state index < -0.39 is 11.9 Å². The first-order valence-electron chi connectivity index (χ1n) is 10.5. The Morgan fingerprint density at radius 2 is 1.58 bits per heavy atom. The first-order valence-corrected chi connectivity index (χ1v) is 10.9. The molecule has 0 saturated carbocycles. The van der Waals surface area contributed by atoms with Gasteiger partial charge in [-0.15, -0.1) is 0 Å². The van der Waals surface area contributed by atoms with E-state index in [1.165, 1.54) is 30.6 Å². The molecule has 0 radical (unpaired) electrons. The highest BCUT2D eigenvalue weighted by atomic mass is 35.5. The van der Waals surface area contributed by atoms with Crippen molar-refractivity contribution in [2.24, 2.45) is 4.99 Å². The molecule has 0 unspecified atom stereocenters. The first kappa shape index (κ1) is 22.9. The Hall–Kier alpha value is -4.84. The number of fused-ring (bicyclic) bond motifs is 3. The molecule has 36 heavy (non-hydrogen) atoms. The van der Waals surface area contributed by atoms with Crippen LogP contribution in [-0.4, -0.2) is 58.3 Å². The lowest BCUT2D eigenvalue weighted by atomic mass is 10.0. The van der Waals surface area contributed by atoms with E-state index in [9.17, 15) is 14.7 Å². The number of halogens is 1. The molecule has 0 bridgehead atoms. The summed E-state index contributed by atoms with van der Waals surface area (Å²) in [6.45, 7) is 2.70. The Bertz CT molecular complexity index is 1690. The minimum Gasteiger partial charge on any atom is -0.478 e. The third kappa shape index (κ3) is 4.09. The predicted octanol–water partition coefficient (Wildman–Crippen LogP) is 3.95. The van der Waals surface area contributed by atoms with Crippen molar-refractivity contribution in [2.45, 2.75) is 13.5 Å². The summed E-state index contributed by atoms with van der Waals surface area (Å²) in [6.07, 6.45) is 7.28. The third-order valence-electron chi connectivity index (χ3n) is 5.59. The van der Waals surface area contributed by atoms with E-state index in [0.717, 1.165) is 16.8 Å². The van der Waals surface area contributed by atoms with Crippen molar-refractivity contribution in [3.63, 3.8) is 0 Å². The molecule has 180 valence electrons. The molecule has 1 aliphatic heterocycles. The summed E-state index contributed by atoms with van der Waals surface area (Å²) in [6, 6.07) is 4.08. The number of nitrogens with one attached hydrogen (secondary N) is 3. The van der Waals surface area contributed by atoms with E-state index in [2.05, 4.69) is 46.3 Å². The number of carboxylic acid groups (broad SMARTS) is 2. The summed E-state index contributed by atoms with van der Waals surface area (Å²) in [5.74, 6) is -1.61. The molecular formula is C23H17ClN8O4. The van der Waals surface area contributed by atoms with Gasteiger partial charge in [-0.05, 0) is 29.7 Å². The zero-order valence-corrected chi connectivity index (χ0v) is 19.3. The zero-order chi connectivity index (χ0) is 25.4. The zero-order valence-electron chi connectivity index (χ0n) is 18.6. The van der Waals surface area contributed by atoms with Crippen LogP contribution in [0.1, 0.15) is 37.4 Å². The number of aromatic nitrogens is 6. The van der Waals surface area contributed by atoms with Gasteiger partial charge in [-0.1, -0.05) is 17.7 Å². The molecule has 0 saturated heterocycles. The molecule has 5 N–H and O–H groups in total. The van der Waals surface area contributed by atoms with Gasteiger partial charge in [0, 0.05) is 24.3 Å². The van der Waals surface area contributed by atoms with Crippen molar-refractivity contribution < 1.29 is 19.8 Å². The van der Waals surface area contributed by atoms with Crippen molar-refractivity contribution >= 4 is 63.3 Å². The highest BCUT2D eigenvalue weighted by molar-refractivity contribution is 6.35. The standard InChI is InChI=1S/C16H13N5O2.C7H4ClN3O2/c1-8-2-9-4-17-5-10(9)3-12(8)21-15-13-11(16(22)23)6-18-14(13)19-7-20-15;8-5-4-3(7(12)13)1-9-6(4)11-2-10-5/h2-3,5-7H,4H2,1H3,(H,22,23)(H2,18,19,20,21);1-2H,(H,12,13)(H,9,10,11). The van der Waals surface area contributed by atoms with Crippen LogP contribution in [0.25, 0.3) is 22.1 Å². The quantitative estimate of drug-likeness (QED) is 0.226. The number of aliphatic imine (C=N–C) groups is 1. The van der Waals surface area contributed by atoms with Gasteiger partial charge in [-0.25, -0.2) is 29.5 Å². The van der Waals surface area contributed by atoms with Gasteiger partial charge in [0.05, 0.1) is 28.4 Å². The Morgan fingerprint density at radius 3 is 2.28 bits per heavy atom. The van der Waals surface area contributed by atoms with Gasteiger partial charge >= 0.3 is 11.9 Å². The lowest BCUT2D eigenvalue weighted by Crippen LogP contribution is -2.02. The molecule has 5 heterocycles. The van der Waals surface area contributed by atoms with Crippen LogP contribution in [0.5, 0.6) is 0 Å². The number of hydrogen-bond donors (Lipinski definition) is 5. The van der Waals surface area contributed by atoms with Crippen LogP contribution in [0.2, 0.25) is 5.15 Å². The molecule has 6 rings (SSSR count). The summed E-state index contributed by atoms with van der Waals surface area (Å²) >= 11 is 5.71. The maximum atomic E-state index is 11.4.